The van der Waals surface area contributed by atoms with Crippen LogP contribution in [0, 0.1) is 6.92 Å². The molecule has 2 aromatic heterocycles. The zero-order valence-corrected chi connectivity index (χ0v) is 9.01. The molecule has 16 heavy (non-hydrogen) atoms. The van der Waals surface area contributed by atoms with Gasteiger partial charge in [-0.1, -0.05) is 0 Å². The molecule has 0 aliphatic rings. The fourth-order valence-corrected chi connectivity index (χ4v) is 1.25. The van der Waals surface area contributed by atoms with Gasteiger partial charge in [-0.15, -0.1) is 0 Å². The Labute approximate surface area is 92.1 Å². The van der Waals surface area contributed by atoms with Crippen molar-refractivity contribution in [2.45, 2.75) is 6.92 Å². The minimum absolute atomic E-state index is 0.0811. The quantitative estimate of drug-likeness (QED) is 0.767. The van der Waals surface area contributed by atoms with E-state index in [2.05, 4.69) is 15.0 Å². The van der Waals surface area contributed by atoms with Gasteiger partial charge < -0.3 is 15.9 Å². The number of furan rings is 1. The molecule has 7 heteroatoms. The topological polar surface area (TPSA) is 107 Å². The van der Waals surface area contributed by atoms with Gasteiger partial charge in [-0.3, -0.25) is 4.90 Å². The molecule has 0 aromatic carbocycles. The first kappa shape index (κ1) is 10.2. The largest absolute Gasteiger partial charge is 0.445 e. The zero-order chi connectivity index (χ0) is 11.7. The van der Waals surface area contributed by atoms with Crippen molar-refractivity contribution in [1.29, 1.82) is 0 Å². The van der Waals surface area contributed by atoms with Crippen molar-refractivity contribution < 1.29 is 4.42 Å². The highest BCUT2D eigenvalue weighted by Gasteiger charge is 2.12. The van der Waals surface area contributed by atoms with Crippen LogP contribution < -0.4 is 16.4 Å². The lowest BCUT2D eigenvalue weighted by molar-refractivity contribution is 0.536. The number of hydrogen-bond acceptors (Lipinski definition) is 7. The summed E-state index contributed by atoms with van der Waals surface area (Å²) in [7, 11) is 1.76. The van der Waals surface area contributed by atoms with Gasteiger partial charge >= 0.3 is 0 Å². The average molecular weight is 220 g/mol. The second kappa shape index (κ2) is 3.69. The monoisotopic (exact) mass is 220 g/mol. The second-order valence-corrected chi connectivity index (χ2v) is 3.30. The molecule has 4 N–H and O–H groups in total. The van der Waals surface area contributed by atoms with Crippen LogP contribution in [-0.4, -0.2) is 22.0 Å². The van der Waals surface area contributed by atoms with Crippen LogP contribution in [0.3, 0.4) is 0 Å². The molecule has 0 saturated heterocycles. The second-order valence-electron chi connectivity index (χ2n) is 3.30. The van der Waals surface area contributed by atoms with E-state index in [1.165, 1.54) is 0 Å². The van der Waals surface area contributed by atoms with Gasteiger partial charge in [0.25, 0.3) is 0 Å². The van der Waals surface area contributed by atoms with Gasteiger partial charge in [-0.25, -0.2) is 0 Å². The van der Waals surface area contributed by atoms with Crippen molar-refractivity contribution in [2.24, 2.45) is 0 Å². The summed E-state index contributed by atoms with van der Waals surface area (Å²) >= 11 is 0. The predicted octanol–water partition coefficient (Wildman–Crippen LogP) is 0.705. The molecule has 0 unspecified atom stereocenters. The molecule has 0 atom stereocenters. The Morgan fingerprint density at radius 3 is 2.25 bits per heavy atom. The summed E-state index contributed by atoms with van der Waals surface area (Å²) in [5, 5.41) is 0. The van der Waals surface area contributed by atoms with Crippen LogP contribution in [0.4, 0.5) is 23.7 Å². The van der Waals surface area contributed by atoms with Crippen LogP contribution >= 0.6 is 0 Å². The maximum absolute atomic E-state index is 5.48. The van der Waals surface area contributed by atoms with E-state index in [0.717, 1.165) is 5.76 Å². The van der Waals surface area contributed by atoms with E-state index < -0.39 is 0 Å². The summed E-state index contributed by atoms with van der Waals surface area (Å²) in [6, 6.07) is 3.66. The van der Waals surface area contributed by atoms with Crippen LogP contribution in [0.5, 0.6) is 0 Å². The molecule has 0 bridgehead atoms. The van der Waals surface area contributed by atoms with Crippen molar-refractivity contribution in [3.63, 3.8) is 0 Å². The summed E-state index contributed by atoms with van der Waals surface area (Å²) in [6.07, 6.45) is 0. The Morgan fingerprint density at radius 1 is 1.12 bits per heavy atom. The Kier molecular flexibility index (Phi) is 2.35. The Bertz CT molecular complexity index is 488. The fraction of sp³-hybridized carbons (Fsp3) is 0.222. The van der Waals surface area contributed by atoms with Crippen LogP contribution in [0.1, 0.15) is 5.76 Å². The molecule has 0 aliphatic heterocycles. The number of aryl methyl sites for hydroxylation is 1. The maximum atomic E-state index is 5.48. The highest BCUT2D eigenvalue weighted by atomic mass is 16.4. The Morgan fingerprint density at radius 2 is 1.75 bits per heavy atom. The molecule has 0 fully saturated rings. The zero-order valence-electron chi connectivity index (χ0n) is 9.01. The molecular formula is C9H12N6O. The van der Waals surface area contributed by atoms with Gasteiger partial charge in [0, 0.05) is 13.1 Å². The fourth-order valence-electron chi connectivity index (χ4n) is 1.25. The number of aromatic nitrogens is 3. The van der Waals surface area contributed by atoms with Gasteiger partial charge in [-0.2, -0.15) is 15.0 Å². The summed E-state index contributed by atoms with van der Waals surface area (Å²) in [5.74, 6) is 1.92. The van der Waals surface area contributed by atoms with Gasteiger partial charge in [-0.05, 0) is 13.0 Å². The third kappa shape index (κ3) is 1.88. The van der Waals surface area contributed by atoms with Crippen LogP contribution in [0.15, 0.2) is 16.5 Å². The summed E-state index contributed by atoms with van der Waals surface area (Å²) < 4.78 is 5.42. The third-order valence-electron chi connectivity index (χ3n) is 2.01. The molecule has 84 valence electrons. The number of nitrogens with zero attached hydrogens (tertiary/aromatic N) is 4. The van der Waals surface area contributed by atoms with Crippen LogP contribution in [0.2, 0.25) is 0 Å². The van der Waals surface area contributed by atoms with E-state index >= 15 is 0 Å². The lowest BCUT2D eigenvalue weighted by Crippen LogP contribution is -2.15. The van der Waals surface area contributed by atoms with Crippen molar-refractivity contribution >= 4 is 23.7 Å². The number of nitrogen functional groups attached to an aromatic ring is 2. The van der Waals surface area contributed by atoms with E-state index in [0.29, 0.717) is 11.8 Å². The van der Waals surface area contributed by atoms with E-state index in [1.807, 2.05) is 19.1 Å². The average Bonchev–Trinajstić information content (AvgIpc) is 2.62. The van der Waals surface area contributed by atoms with E-state index in [9.17, 15) is 0 Å². The van der Waals surface area contributed by atoms with Crippen molar-refractivity contribution in [2.75, 3.05) is 23.4 Å². The lowest BCUT2D eigenvalue weighted by atomic mass is 10.5. The SMILES string of the molecule is Cc1ccc(N(C)c2nc(N)nc(N)n2)o1. The number of hydrogen-bond donors (Lipinski definition) is 2. The van der Waals surface area contributed by atoms with E-state index in [1.54, 1.807) is 11.9 Å². The first-order chi connectivity index (χ1) is 7.56. The molecule has 2 aromatic rings. The molecule has 0 radical (unpaired) electrons. The molecule has 0 spiro atoms. The predicted molar refractivity (Wildman–Crippen MR) is 60.2 cm³/mol. The molecular weight excluding hydrogens is 208 g/mol. The molecule has 0 amide bonds. The van der Waals surface area contributed by atoms with E-state index in [4.69, 9.17) is 15.9 Å². The Balaban J connectivity index is 2.37. The summed E-state index contributed by atoms with van der Waals surface area (Å²) in [5.41, 5.74) is 11.0. The molecule has 7 nitrogen and oxygen atoms in total. The smallest absolute Gasteiger partial charge is 0.238 e. The third-order valence-corrected chi connectivity index (χ3v) is 2.01. The lowest BCUT2D eigenvalue weighted by Gasteiger charge is -2.13. The van der Waals surface area contributed by atoms with Gasteiger partial charge in [0.15, 0.2) is 0 Å². The van der Waals surface area contributed by atoms with Crippen LogP contribution in [0.25, 0.3) is 0 Å². The van der Waals surface area contributed by atoms with Crippen molar-refractivity contribution in [1.82, 2.24) is 15.0 Å². The molecule has 0 saturated carbocycles. The standard InChI is InChI=1S/C9H12N6O/c1-5-3-4-6(16-5)15(2)9-13-7(10)12-8(11)14-9/h3-4H,1-2H3,(H4,10,11,12,13,14). The van der Waals surface area contributed by atoms with E-state index in [-0.39, 0.29) is 11.9 Å². The number of anilines is 4. The molecule has 2 heterocycles. The van der Waals surface area contributed by atoms with Gasteiger partial charge in [0.2, 0.25) is 23.7 Å². The highest BCUT2D eigenvalue weighted by Crippen LogP contribution is 2.22. The molecule has 0 aliphatic carbocycles. The van der Waals surface area contributed by atoms with Crippen molar-refractivity contribution in [3.05, 3.63) is 17.9 Å². The highest BCUT2D eigenvalue weighted by molar-refractivity contribution is 5.52. The van der Waals surface area contributed by atoms with Gasteiger partial charge in [0.1, 0.15) is 5.76 Å². The summed E-state index contributed by atoms with van der Waals surface area (Å²) in [4.78, 5) is 13.3. The Hall–Kier alpha value is -2.31. The first-order valence-electron chi connectivity index (χ1n) is 4.63. The van der Waals surface area contributed by atoms with Crippen molar-refractivity contribution in [3.8, 4) is 0 Å². The van der Waals surface area contributed by atoms with Crippen LogP contribution in [-0.2, 0) is 0 Å². The normalized spacial score (nSPS) is 10.4. The maximum Gasteiger partial charge on any atom is 0.238 e. The minimum Gasteiger partial charge on any atom is -0.445 e. The first-order valence-corrected chi connectivity index (χ1v) is 4.63. The number of nitrogens with two attached hydrogens (primary N) is 2. The summed E-state index contributed by atoms with van der Waals surface area (Å²) in [6.45, 7) is 1.85. The number of rotatable bonds is 2. The minimum atomic E-state index is 0.0811. The molecule has 2 rings (SSSR count). The van der Waals surface area contributed by atoms with Gasteiger partial charge in [0.05, 0.1) is 0 Å².